The molecule has 0 radical (unpaired) electrons. The summed E-state index contributed by atoms with van der Waals surface area (Å²) in [4.78, 5) is 25.9. The van der Waals surface area contributed by atoms with Crippen molar-refractivity contribution in [3.05, 3.63) is 65.7 Å². The lowest BCUT2D eigenvalue weighted by Gasteiger charge is -2.29. The van der Waals surface area contributed by atoms with Crippen molar-refractivity contribution >= 4 is 34.8 Å². The van der Waals surface area contributed by atoms with Crippen LogP contribution in [0.3, 0.4) is 0 Å². The Balaban J connectivity index is 1.66. The Morgan fingerprint density at radius 2 is 2.07 bits per heavy atom. The van der Waals surface area contributed by atoms with E-state index < -0.39 is 0 Å². The van der Waals surface area contributed by atoms with Crippen LogP contribution in [0, 0.1) is 0 Å². The molecule has 0 atom stereocenters. The Labute approximate surface area is 162 Å². The van der Waals surface area contributed by atoms with Gasteiger partial charge in [-0.3, -0.25) is 9.59 Å². The van der Waals surface area contributed by atoms with E-state index in [2.05, 4.69) is 17.2 Å². The molecule has 1 aliphatic heterocycles. The minimum absolute atomic E-state index is 0.0322. The Bertz CT molecular complexity index is 852. The van der Waals surface area contributed by atoms with Crippen molar-refractivity contribution < 1.29 is 14.3 Å². The predicted molar refractivity (Wildman–Crippen MR) is 107 cm³/mol. The van der Waals surface area contributed by atoms with Gasteiger partial charge in [0, 0.05) is 24.3 Å². The monoisotopic (exact) mass is 385 g/mol. The fraction of sp³-hybridized carbons (Fsp3) is 0.200. The Morgan fingerprint density at radius 1 is 1.30 bits per heavy atom. The summed E-state index contributed by atoms with van der Waals surface area (Å²) in [5.74, 6) is 0.395. The van der Waals surface area contributed by atoms with E-state index in [4.69, 9.17) is 16.3 Å². The van der Waals surface area contributed by atoms with Crippen molar-refractivity contribution in [1.82, 2.24) is 5.32 Å². The smallest absolute Gasteiger partial charge is 0.255 e. The standard InChI is InChI=1S/C20H20ClN3O3/c1-2-11-27-16-6-3-14(4-7-16)20(26)23-15-5-8-18(17(21)12-15)24-10-9-22-19(25)13-24/h2-8,12H,1,9-11,13H2,(H,22,25)(H,23,26). The minimum Gasteiger partial charge on any atom is -0.490 e. The molecule has 0 saturated carbocycles. The van der Waals surface area contributed by atoms with Crippen molar-refractivity contribution in [3.63, 3.8) is 0 Å². The fourth-order valence-electron chi connectivity index (χ4n) is 2.75. The first-order valence-corrected chi connectivity index (χ1v) is 8.91. The van der Waals surface area contributed by atoms with Gasteiger partial charge in [0.25, 0.3) is 5.91 Å². The van der Waals surface area contributed by atoms with Crippen LogP contribution in [0.2, 0.25) is 5.02 Å². The Morgan fingerprint density at radius 3 is 2.74 bits per heavy atom. The van der Waals surface area contributed by atoms with Crippen LogP contribution >= 0.6 is 11.6 Å². The molecule has 3 rings (SSSR count). The lowest BCUT2D eigenvalue weighted by Crippen LogP contribution is -2.47. The van der Waals surface area contributed by atoms with Crippen molar-refractivity contribution in [1.29, 1.82) is 0 Å². The topological polar surface area (TPSA) is 70.7 Å². The van der Waals surface area contributed by atoms with Gasteiger partial charge in [0.2, 0.25) is 5.91 Å². The average Bonchev–Trinajstić information content (AvgIpc) is 2.67. The zero-order valence-corrected chi connectivity index (χ0v) is 15.5. The van der Waals surface area contributed by atoms with E-state index in [1.807, 2.05) is 11.0 Å². The SMILES string of the molecule is C=CCOc1ccc(C(=O)Nc2ccc(N3CCNC(=O)C3)c(Cl)c2)cc1. The van der Waals surface area contributed by atoms with Gasteiger partial charge in [-0.1, -0.05) is 24.3 Å². The second kappa shape index (κ2) is 8.60. The number of halogens is 1. The molecular formula is C20H20ClN3O3. The number of ether oxygens (including phenoxy) is 1. The number of anilines is 2. The quantitative estimate of drug-likeness (QED) is 0.749. The summed E-state index contributed by atoms with van der Waals surface area (Å²) in [7, 11) is 0. The van der Waals surface area contributed by atoms with Gasteiger partial charge in [-0.2, -0.15) is 0 Å². The number of nitrogens with one attached hydrogen (secondary N) is 2. The zero-order chi connectivity index (χ0) is 19.2. The maximum Gasteiger partial charge on any atom is 0.255 e. The van der Waals surface area contributed by atoms with Crippen molar-refractivity contribution in [2.75, 3.05) is 36.5 Å². The Hall–Kier alpha value is -2.99. The molecule has 6 nitrogen and oxygen atoms in total. The summed E-state index contributed by atoms with van der Waals surface area (Å²) in [6, 6.07) is 12.1. The van der Waals surface area contributed by atoms with Crippen LogP contribution in [-0.2, 0) is 4.79 Å². The van der Waals surface area contributed by atoms with Gasteiger partial charge in [-0.05, 0) is 42.5 Å². The van der Waals surface area contributed by atoms with Gasteiger partial charge >= 0.3 is 0 Å². The van der Waals surface area contributed by atoms with Crippen LogP contribution in [-0.4, -0.2) is 38.1 Å². The summed E-state index contributed by atoms with van der Waals surface area (Å²) < 4.78 is 5.40. The predicted octanol–water partition coefficient (Wildman–Crippen LogP) is 3.09. The molecular weight excluding hydrogens is 366 g/mol. The summed E-state index contributed by atoms with van der Waals surface area (Å²) in [6.07, 6.45) is 1.66. The van der Waals surface area contributed by atoms with Gasteiger partial charge in [-0.15, -0.1) is 0 Å². The number of benzene rings is 2. The largest absolute Gasteiger partial charge is 0.490 e. The maximum absolute atomic E-state index is 12.4. The fourth-order valence-corrected chi connectivity index (χ4v) is 3.05. The van der Waals surface area contributed by atoms with Gasteiger partial charge in [0.05, 0.1) is 17.3 Å². The lowest BCUT2D eigenvalue weighted by atomic mass is 10.2. The molecule has 2 aromatic rings. The Kier molecular flexibility index (Phi) is 5.98. The molecule has 2 aromatic carbocycles. The normalized spacial score (nSPS) is 13.7. The molecule has 1 fully saturated rings. The molecule has 0 unspecified atom stereocenters. The van der Waals surface area contributed by atoms with E-state index >= 15 is 0 Å². The number of nitrogens with zero attached hydrogens (tertiary/aromatic N) is 1. The highest BCUT2D eigenvalue weighted by Crippen LogP contribution is 2.29. The zero-order valence-electron chi connectivity index (χ0n) is 14.7. The van der Waals surface area contributed by atoms with Crippen LogP contribution < -0.4 is 20.3 Å². The van der Waals surface area contributed by atoms with E-state index in [0.29, 0.717) is 41.7 Å². The van der Waals surface area contributed by atoms with Crippen LogP contribution in [0.15, 0.2) is 55.1 Å². The number of carbonyl (C=O) groups is 2. The number of carbonyl (C=O) groups excluding carboxylic acids is 2. The van der Waals surface area contributed by atoms with E-state index in [1.54, 1.807) is 42.5 Å². The summed E-state index contributed by atoms with van der Waals surface area (Å²) >= 11 is 6.36. The molecule has 0 aromatic heterocycles. The van der Waals surface area contributed by atoms with E-state index in [-0.39, 0.29) is 18.4 Å². The van der Waals surface area contributed by atoms with Gasteiger partial charge < -0.3 is 20.3 Å². The molecule has 1 saturated heterocycles. The van der Waals surface area contributed by atoms with Crippen LogP contribution in [0.5, 0.6) is 5.75 Å². The van der Waals surface area contributed by atoms with E-state index in [9.17, 15) is 9.59 Å². The molecule has 1 aliphatic rings. The van der Waals surface area contributed by atoms with Crippen molar-refractivity contribution in [2.45, 2.75) is 0 Å². The molecule has 0 spiro atoms. The molecule has 1 heterocycles. The third-order valence-electron chi connectivity index (χ3n) is 4.07. The number of hydrogen-bond donors (Lipinski definition) is 2. The highest BCUT2D eigenvalue weighted by molar-refractivity contribution is 6.33. The summed E-state index contributed by atoms with van der Waals surface area (Å²) in [6.45, 7) is 5.55. The molecule has 2 amide bonds. The molecule has 0 bridgehead atoms. The van der Waals surface area contributed by atoms with Gasteiger partial charge in [0.15, 0.2) is 0 Å². The van der Waals surface area contributed by atoms with Gasteiger partial charge in [-0.25, -0.2) is 0 Å². The van der Waals surface area contributed by atoms with Crippen LogP contribution in [0.25, 0.3) is 0 Å². The second-order valence-corrected chi connectivity index (χ2v) is 6.42. The minimum atomic E-state index is -0.244. The van der Waals surface area contributed by atoms with E-state index in [0.717, 1.165) is 5.69 Å². The third-order valence-corrected chi connectivity index (χ3v) is 4.37. The van der Waals surface area contributed by atoms with Crippen molar-refractivity contribution in [3.8, 4) is 5.75 Å². The summed E-state index contributed by atoms with van der Waals surface area (Å²) in [5.41, 5.74) is 1.87. The number of hydrogen-bond acceptors (Lipinski definition) is 4. The molecule has 27 heavy (non-hydrogen) atoms. The highest BCUT2D eigenvalue weighted by atomic mass is 35.5. The molecule has 7 heteroatoms. The van der Waals surface area contributed by atoms with Crippen molar-refractivity contribution in [2.24, 2.45) is 0 Å². The summed E-state index contributed by atoms with van der Waals surface area (Å²) in [5, 5.41) is 6.08. The number of amides is 2. The molecule has 0 aliphatic carbocycles. The first kappa shape index (κ1) is 18.8. The van der Waals surface area contributed by atoms with E-state index in [1.165, 1.54) is 0 Å². The number of piperazine rings is 1. The first-order chi connectivity index (χ1) is 13.1. The third kappa shape index (κ3) is 4.80. The lowest BCUT2D eigenvalue weighted by molar-refractivity contribution is -0.120. The number of rotatable bonds is 6. The van der Waals surface area contributed by atoms with Crippen LogP contribution in [0.1, 0.15) is 10.4 Å². The highest BCUT2D eigenvalue weighted by Gasteiger charge is 2.19. The maximum atomic E-state index is 12.4. The average molecular weight is 386 g/mol. The molecule has 2 N–H and O–H groups in total. The molecule has 140 valence electrons. The van der Waals surface area contributed by atoms with Crippen LogP contribution in [0.4, 0.5) is 11.4 Å². The first-order valence-electron chi connectivity index (χ1n) is 8.53. The van der Waals surface area contributed by atoms with Gasteiger partial charge in [0.1, 0.15) is 12.4 Å². The second-order valence-electron chi connectivity index (χ2n) is 6.02.